The van der Waals surface area contributed by atoms with Crippen LogP contribution >= 0.6 is 11.8 Å². The number of benzene rings is 2. The van der Waals surface area contributed by atoms with Gasteiger partial charge in [0.1, 0.15) is 5.58 Å². The van der Waals surface area contributed by atoms with Crippen molar-refractivity contribution in [1.29, 1.82) is 0 Å². The van der Waals surface area contributed by atoms with Gasteiger partial charge in [-0.3, -0.25) is 4.79 Å². The maximum atomic E-state index is 13.1. The smallest absolute Gasteiger partial charge is 0.343 e. The standard InChI is InChI=1S/C28H28N2O4S/c1-4-17-30-23-9-7-8-10-25(23)35-26(30)15-13-22-20(14-16-27(31)32)21-12-11-19(29(5-2)6-3)18-24(21)34-28(22)33/h1,7-13,15,18,26H,5-6,14,16-17H2,2-3H3,(H,31,32)/b15-13+. The summed E-state index contributed by atoms with van der Waals surface area (Å²) < 4.78 is 5.74. The summed E-state index contributed by atoms with van der Waals surface area (Å²) in [6.07, 6.45) is 9.47. The van der Waals surface area contributed by atoms with Crippen LogP contribution in [0.1, 0.15) is 31.4 Å². The number of carboxylic acid groups (broad SMARTS) is 1. The van der Waals surface area contributed by atoms with Crippen LogP contribution in [0.25, 0.3) is 17.0 Å². The van der Waals surface area contributed by atoms with Gasteiger partial charge in [0.2, 0.25) is 0 Å². The van der Waals surface area contributed by atoms with E-state index in [0.29, 0.717) is 23.3 Å². The summed E-state index contributed by atoms with van der Waals surface area (Å²) in [6.45, 7) is 6.23. The SMILES string of the molecule is C#CCN1c2ccccc2SC1/C=C/c1c(CCC(=O)O)c2ccc(N(CC)CC)cc2oc1=O. The van der Waals surface area contributed by atoms with E-state index in [0.717, 1.165) is 34.7 Å². The number of para-hydroxylation sites is 1. The Labute approximate surface area is 209 Å². The molecule has 0 aliphatic carbocycles. The average Bonchev–Trinajstić information content (AvgIpc) is 3.19. The number of fused-ring (bicyclic) bond motifs is 2. The van der Waals surface area contributed by atoms with Gasteiger partial charge >= 0.3 is 11.6 Å². The third-order valence-electron chi connectivity index (χ3n) is 6.17. The number of hydrogen-bond donors (Lipinski definition) is 1. The largest absolute Gasteiger partial charge is 0.481 e. The van der Waals surface area contributed by atoms with Gasteiger partial charge < -0.3 is 19.3 Å². The molecule has 6 nitrogen and oxygen atoms in total. The van der Waals surface area contributed by atoms with Crippen LogP contribution in [-0.4, -0.2) is 36.1 Å². The summed E-state index contributed by atoms with van der Waals surface area (Å²) in [5.74, 6) is 1.80. The highest BCUT2D eigenvalue weighted by molar-refractivity contribution is 8.00. The molecule has 1 aliphatic heterocycles. The molecular weight excluding hydrogens is 460 g/mol. The molecule has 0 spiro atoms. The van der Waals surface area contributed by atoms with Gasteiger partial charge in [-0.25, -0.2) is 4.79 Å². The Balaban J connectivity index is 1.76. The highest BCUT2D eigenvalue weighted by atomic mass is 32.2. The number of thioether (sulfide) groups is 1. The van der Waals surface area contributed by atoms with Crippen molar-refractivity contribution in [1.82, 2.24) is 0 Å². The second kappa shape index (κ2) is 10.7. The number of terminal acetylenes is 1. The number of hydrogen-bond acceptors (Lipinski definition) is 6. The first kappa shape index (κ1) is 24.5. The molecule has 1 unspecified atom stereocenters. The number of aryl methyl sites for hydroxylation is 1. The van der Waals surface area contributed by atoms with E-state index in [4.69, 9.17) is 10.8 Å². The molecule has 180 valence electrons. The van der Waals surface area contributed by atoms with Crippen molar-refractivity contribution in [3.63, 3.8) is 0 Å². The molecule has 1 aromatic heterocycles. The molecule has 1 N–H and O–H groups in total. The van der Waals surface area contributed by atoms with Gasteiger partial charge in [0.05, 0.1) is 23.2 Å². The zero-order chi connectivity index (χ0) is 24.9. The summed E-state index contributed by atoms with van der Waals surface area (Å²) in [6, 6.07) is 13.8. The van der Waals surface area contributed by atoms with Crippen LogP contribution in [0.15, 0.2) is 62.6 Å². The molecule has 35 heavy (non-hydrogen) atoms. The summed E-state index contributed by atoms with van der Waals surface area (Å²) in [7, 11) is 0. The van der Waals surface area contributed by atoms with Gasteiger partial charge in [-0.05, 0) is 56.2 Å². The minimum atomic E-state index is -0.914. The number of carbonyl (C=O) groups is 1. The van der Waals surface area contributed by atoms with Crippen molar-refractivity contribution < 1.29 is 14.3 Å². The Bertz CT molecular complexity index is 1370. The molecule has 2 aromatic carbocycles. The number of aliphatic carboxylic acids is 1. The minimum absolute atomic E-state index is 0.0793. The Hall–Kier alpha value is -3.63. The lowest BCUT2D eigenvalue weighted by atomic mass is 9.99. The first-order valence-corrected chi connectivity index (χ1v) is 12.5. The molecule has 0 saturated carbocycles. The Kier molecular flexibility index (Phi) is 7.52. The summed E-state index contributed by atoms with van der Waals surface area (Å²) in [5.41, 5.74) is 3.08. The highest BCUT2D eigenvalue weighted by Crippen LogP contribution is 2.43. The quantitative estimate of drug-likeness (QED) is 0.326. The molecule has 1 aliphatic rings. The molecule has 7 heteroatoms. The maximum absolute atomic E-state index is 13.1. The third-order valence-corrected chi connectivity index (χ3v) is 7.43. The number of carboxylic acids is 1. The van der Waals surface area contributed by atoms with Crippen LogP contribution in [0.3, 0.4) is 0 Å². The number of nitrogens with zero attached hydrogens (tertiary/aromatic N) is 2. The Morgan fingerprint density at radius 2 is 2.03 bits per heavy atom. The van der Waals surface area contributed by atoms with Gasteiger partial charge in [-0.2, -0.15) is 0 Å². The maximum Gasteiger partial charge on any atom is 0.343 e. The van der Waals surface area contributed by atoms with E-state index in [1.165, 1.54) is 0 Å². The van der Waals surface area contributed by atoms with Crippen LogP contribution in [0.2, 0.25) is 0 Å². The van der Waals surface area contributed by atoms with Crippen LogP contribution in [-0.2, 0) is 11.2 Å². The molecule has 3 aromatic rings. The fraction of sp³-hybridized carbons (Fsp3) is 0.286. The van der Waals surface area contributed by atoms with E-state index in [1.807, 2.05) is 48.5 Å². The number of anilines is 2. The van der Waals surface area contributed by atoms with Gasteiger partial charge in [0.25, 0.3) is 0 Å². The topological polar surface area (TPSA) is 74.0 Å². The van der Waals surface area contributed by atoms with E-state index in [2.05, 4.69) is 29.6 Å². The Morgan fingerprint density at radius 3 is 2.74 bits per heavy atom. The molecule has 0 bridgehead atoms. The molecule has 0 radical (unpaired) electrons. The van der Waals surface area contributed by atoms with Gasteiger partial charge in [-0.1, -0.05) is 35.9 Å². The summed E-state index contributed by atoms with van der Waals surface area (Å²) >= 11 is 1.66. The zero-order valence-electron chi connectivity index (χ0n) is 19.9. The van der Waals surface area contributed by atoms with Gasteiger partial charge in [0.15, 0.2) is 0 Å². The van der Waals surface area contributed by atoms with Crippen molar-refractivity contribution in [3.05, 3.63) is 70.1 Å². The first-order chi connectivity index (χ1) is 17.0. The van der Waals surface area contributed by atoms with Crippen molar-refractivity contribution in [2.24, 2.45) is 0 Å². The number of rotatable bonds is 9. The fourth-order valence-electron chi connectivity index (χ4n) is 4.44. The summed E-state index contributed by atoms with van der Waals surface area (Å²) in [5, 5.41) is 10.00. The van der Waals surface area contributed by atoms with Crippen molar-refractivity contribution >= 4 is 46.2 Å². The van der Waals surface area contributed by atoms with Gasteiger partial charge in [-0.15, -0.1) is 6.42 Å². The predicted octanol–water partition coefficient (Wildman–Crippen LogP) is 5.24. The molecule has 4 rings (SSSR count). The van der Waals surface area contributed by atoms with E-state index in [1.54, 1.807) is 17.8 Å². The first-order valence-electron chi connectivity index (χ1n) is 11.7. The molecule has 1 atom stereocenters. The molecule has 0 fully saturated rings. The van der Waals surface area contributed by atoms with Crippen molar-refractivity contribution in [3.8, 4) is 12.3 Å². The summed E-state index contributed by atoms with van der Waals surface area (Å²) in [4.78, 5) is 29.9. The normalized spacial score (nSPS) is 14.9. The second-order valence-electron chi connectivity index (χ2n) is 8.20. The lowest BCUT2D eigenvalue weighted by molar-refractivity contribution is -0.136. The van der Waals surface area contributed by atoms with Crippen LogP contribution in [0.4, 0.5) is 11.4 Å². The molecule has 0 saturated heterocycles. The predicted molar refractivity (Wildman–Crippen MR) is 143 cm³/mol. The molecule has 0 amide bonds. The highest BCUT2D eigenvalue weighted by Gasteiger charge is 2.27. The van der Waals surface area contributed by atoms with E-state index >= 15 is 0 Å². The zero-order valence-corrected chi connectivity index (χ0v) is 20.7. The Morgan fingerprint density at radius 1 is 1.26 bits per heavy atom. The molecule has 2 heterocycles. The van der Waals surface area contributed by atoms with E-state index in [9.17, 15) is 14.7 Å². The van der Waals surface area contributed by atoms with Crippen LogP contribution < -0.4 is 15.4 Å². The molecular formula is C28H28N2O4S. The fourth-order valence-corrected chi connectivity index (χ4v) is 5.64. The van der Waals surface area contributed by atoms with Gasteiger partial charge in [0, 0.05) is 41.5 Å². The lowest BCUT2D eigenvalue weighted by Crippen LogP contribution is -2.28. The van der Waals surface area contributed by atoms with Crippen LogP contribution in [0.5, 0.6) is 0 Å². The average molecular weight is 489 g/mol. The van der Waals surface area contributed by atoms with E-state index < -0.39 is 11.6 Å². The second-order valence-corrected chi connectivity index (χ2v) is 9.35. The minimum Gasteiger partial charge on any atom is -0.481 e. The lowest BCUT2D eigenvalue weighted by Gasteiger charge is -2.22. The monoisotopic (exact) mass is 488 g/mol. The van der Waals surface area contributed by atoms with E-state index in [-0.39, 0.29) is 18.2 Å². The van der Waals surface area contributed by atoms with Crippen molar-refractivity contribution in [2.75, 3.05) is 29.4 Å². The van der Waals surface area contributed by atoms with Crippen LogP contribution in [0, 0.1) is 12.3 Å². The van der Waals surface area contributed by atoms with Crippen molar-refractivity contribution in [2.45, 2.75) is 37.0 Å². The third kappa shape index (κ3) is 5.08.